The highest BCUT2D eigenvalue weighted by Crippen LogP contribution is 2.62. The number of para-hydroxylation sites is 2. The van der Waals surface area contributed by atoms with Gasteiger partial charge in [-0.25, -0.2) is 15.0 Å². The van der Waals surface area contributed by atoms with Crippen molar-refractivity contribution < 1.29 is 4.74 Å². The molecule has 4 heteroatoms. The van der Waals surface area contributed by atoms with Crippen LogP contribution in [0.1, 0.15) is 27.8 Å². The third-order valence-corrected chi connectivity index (χ3v) is 9.08. The van der Waals surface area contributed by atoms with Crippen molar-refractivity contribution in [3.05, 3.63) is 173 Å². The summed E-state index contributed by atoms with van der Waals surface area (Å²) in [5.74, 6) is 3.69. The molecular formula is C41H27N3O. The van der Waals surface area contributed by atoms with E-state index in [2.05, 4.69) is 110 Å². The van der Waals surface area contributed by atoms with E-state index in [9.17, 15) is 0 Å². The van der Waals surface area contributed by atoms with Crippen molar-refractivity contribution in [2.24, 2.45) is 0 Å². The molecule has 9 rings (SSSR count). The Labute approximate surface area is 261 Å². The summed E-state index contributed by atoms with van der Waals surface area (Å²) in [5.41, 5.74) is 10.6. The molecule has 0 radical (unpaired) electrons. The van der Waals surface area contributed by atoms with E-state index in [1.54, 1.807) is 0 Å². The summed E-state index contributed by atoms with van der Waals surface area (Å²) in [6.07, 6.45) is 0. The zero-order chi connectivity index (χ0) is 30.0. The van der Waals surface area contributed by atoms with Gasteiger partial charge in [-0.05, 0) is 47.4 Å². The van der Waals surface area contributed by atoms with Crippen LogP contribution in [-0.4, -0.2) is 15.0 Å². The second-order valence-corrected chi connectivity index (χ2v) is 11.7. The minimum atomic E-state index is -0.553. The summed E-state index contributed by atoms with van der Waals surface area (Å²) in [6.45, 7) is 2.09. The van der Waals surface area contributed by atoms with E-state index in [-0.39, 0.29) is 0 Å². The molecule has 0 saturated heterocycles. The maximum Gasteiger partial charge on any atom is 0.164 e. The lowest BCUT2D eigenvalue weighted by Gasteiger charge is -2.39. The van der Waals surface area contributed by atoms with Gasteiger partial charge in [0.15, 0.2) is 17.5 Å². The molecule has 2 heterocycles. The van der Waals surface area contributed by atoms with E-state index in [4.69, 9.17) is 19.7 Å². The van der Waals surface area contributed by atoms with Crippen LogP contribution in [0.4, 0.5) is 0 Å². The van der Waals surface area contributed by atoms with Gasteiger partial charge in [-0.2, -0.15) is 0 Å². The molecule has 6 aromatic carbocycles. The molecule has 7 aromatic rings. The number of ether oxygens (including phenoxy) is 1. The van der Waals surface area contributed by atoms with E-state index < -0.39 is 5.41 Å². The second-order valence-electron chi connectivity index (χ2n) is 11.7. The van der Waals surface area contributed by atoms with Gasteiger partial charge < -0.3 is 4.74 Å². The Morgan fingerprint density at radius 3 is 1.58 bits per heavy atom. The van der Waals surface area contributed by atoms with Crippen LogP contribution in [0.25, 0.3) is 45.3 Å². The summed E-state index contributed by atoms with van der Waals surface area (Å²) in [4.78, 5) is 15.1. The van der Waals surface area contributed by atoms with Crippen LogP contribution in [0.15, 0.2) is 146 Å². The summed E-state index contributed by atoms with van der Waals surface area (Å²) >= 11 is 0. The van der Waals surface area contributed by atoms with Crippen molar-refractivity contribution in [1.29, 1.82) is 0 Å². The molecule has 212 valence electrons. The van der Waals surface area contributed by atoms with Gasteiger partial charge in [-0.15, -0.1) is 0 Å². The minimum absolute atomic E-state index is 0.553. The van der Waals surface area contributed by atoms with Crippen molar-refractivity contribution >= 4 is 0 Å². The highest BCUT2D eigenvalue weighted by Gasteiger charge is 2.51. The van der Waals surface area contributed by atoms with Gasteiger partial charge in [-0.1, -0.05) is 133 Å². The van der Waals surface area contributed by atoms with Crippen LogP contribution < -0.4 is 4.74 Å². The fourth-order valence-electron chi connectivity index (χ4n) is 7.05. The number of hydrogen-bond donors (Lipinski definition) is 0. The van der Waals surface area contributed by atoms with Crippen LogP contribution >= 0.6 is 0 Å². The number of fused-ring (bicyclic) bond motifs is 9. The number of aromatic nitrogens is 3. The van der Waals surface area contributed by atoms with E-state index in [1.165, 1.54) is 27.8 Å². The fourth-order valence-corrected chi connectivity index (χ4v) is 7.05. The number of rotatable bonds is 3. The summed E-state index contributed by atoms with van der Waals surface area (Å²) in [6, 6.07) is 50.7. The van der Waals surface area contributed by atoms with Crippen molar-refractivity contribution in [3.63, 3.8) is 0 Å². The van der Waals surface area contributed by atoms with E-state index in [1.807, 2.05) is 42.5 Å². The van der Waals surface area contributed by atoms with Gasteiger partial charge in [-0.3, -0.25) is 0 Å². The first-order chi connectivity index (χ1) is 22.2. The highest BCUT2D eigenvalue weighted by atomic mass is 16.5. The van der Waals surface area contributed by atoms with Crippen molar-refractivity contribution in [2.75, 3.05) is 0 Å². The number of hydrogen-bond acceptors (Lipinski definition) is 4. The first kappa shape index (κ1) is 25.6. The standard InChI is InChI=1S/C41H27N3O/c1-26-19-21-28(22-20-26)39-42-38(27-11-3-2-4-12-27)43-40(44-39)29-23-24-31-30-13-5-6-14-32(30)41(35(31)25-29)33-15-7-9-17-36(33)45-37-18-10-8-16-34(37)41/h2-25H,1H3. The molecule has 0 fully saturated rings. The Kier molecular flexibility index (Phi) is 5.59. The van der Waals surface area contributed by atoms with Gasteiger partial charge >= 0.3 is 0 Å². The number of benzene rings is 6. The first-order valence-corrected chi connectivity index (χ1v) is 15.2. The number of aryl methyl sites for hydroxylation is 1. The molecule has 0 atom stereocenters. The maximum absolute atomic E-state index is 6.51. The molecule has 1 spiro atoms. The molecule has 0 N–H and O–H groups in total. The molecule has 4 nitrogen and oxygen atoms in total. The topological polar surface area (TPSA) is 47.9 Å². The Hall–Kier alpha value is -5.87. The zero-order valence-corrected chi connectivity index (χ0v) is 24.6. The largest absolute Gasteiger partial charge is 0.457 e. The van der Waals surface area contributed by atoms with Gasteiger partial charge in [0.05, 0.1) is 5.41 Å². The van der Waals surface area contributed by atoms with Crippen LogP contribution in [0.5, 0.6) is 11.5 Å². The number of nitrogens with zero attached hydrogens (tertiary/aromatic N) is 3. The quantitative estimate of drug-likeness (QED) is 0.210. The predicted octanol–water partition coefficient (Wildman–Crippen LogP) is 9.65. The van der Waals surface area contributed by atoms with Crippen molar-refractivity contribution in [3.8, 4) is 56.8 Å². The van der Waals surface area contributed by atoms with Crippen LogP contribution in [-0.2, 0) is 5.41 Å². The van der Waals surface area contributed by atoms with E-state index in [0.717, 1.165) is 39.3 Å². The second kappa shape index (κ2) is 9.83. The molecule has 0 bridgehead atoms. The van der Waals surface area contributed by atoms with Crippen LogP contribution in [0.2, 0.25) is 0 Å². The third-order valence-electron chi connectivity index (χ3n) is 9.08. The lowest BCUT2D eigenvalue weighted by Crippen LogP contribution is -2.32. The highest BCUT2D eigenvalue weighted by molar-refractivity contribution is 5.90. The van der Waals surface area contributed by atoms with Gasteiger partial charge in [0.2, 0.25) is 0 Å². The molecule has 0 unspecified atom stereocenters. The molecule has 0 saturated carbocycles. The smallest absolute Gasteiger partial charge is 0.164 e. The molecule has 1 aromatic heterocycles. The Morgan fingerprint density at radius 1 is 0.422 bits per heavy atom. The van der Waals surface area contributed by atoms with Gasteiger partial charge in [0.1, 0.15) is 11.5 Å². The van der Waals surface area contributed by atoms with Gasteiger partial charge in [0, 0.05) is 27.8 Å². The Bertz CT molecular complexity index is 2210. The van der Waals surface area contributed by atoms with E-state index >= 15 is 0 Å². The minimum Gasteiger partial charge on any atom is -0.457 e. The molecule has 45 heavy (non-hydrogen) atoms. The van der Waals surface area contributed by atoms with E-state index in [0.29, 0.717) is 17.5 Å². The molecule has 2 aliphatic rings. The zero-order valence-electron chi connectivity index (χ0n) is 24.6. The average Bonchev–Trinajstić information content (AvgIpc) is 3.39. The van der Waals surface area contributed by atoms with Gasteiger partial charge in [0.25, 0.3) is 0 Å². The maximum atomic E-state index is 6.51. The van der Waals surface area contributed by atoms with Crippen LogP contribution in [0, 0.1) is 6.92 Å². The Morgan fingerprint density at radius 2 is 0.911 bits per heavy atom. The lowest BCUT2D eigenvalue weighted by atomic mass is 9.66. The molecule has 0 amide bonds. The summed E-state index contributed by atoms with van der Waals surface area (Å²) < 4.78 is 6.51. The first-order valence-electron chi connectivity index (χ1n) is 15.2. The van der Waals surface area contributed by atoms with Crippen molar-refractivity contribution in [1.82, 2.24) is 15.0 Å². The predicted molar refractivity (Wildman–Crippen MR) is 178 cm³/mol. The molecular weight excluding hydrogens is 550 g/mol. The normalized spacial score (nSPS) is 13.4. The fraction of sp³-hybridized carbons (Fsp3) is 0.0488. The Balaban J connectivity index is 1.32. The molecule has 1 aliphatic carbocycles. The summed E-state index contributed by atoms with van der Waals surface area (Å²) in [7, 11) is 0. The average molecular weight is 578 g/mol. The molecule has 1 aliphatic heterocycles. The monoisotopic (exact) mass is 577 g/mol. The van der Waals surface area contributed by atoms with Crippen LogP contribution in [0.3, 0.4) is 0 Å². The SMILES string of the molecule is Cc1ccc(-c2nc(-c3ccccc3)nc(-c3ccc4c(c3)C3(c5ccccc5Oc5ccccc53)c3ccccc3-4)n2)cc1. The van der Waals surface area contributed by atoms with Crippen molar-refractivity contribution in [2.45, 2.75) is 12.3 Å². The lowest BCUT2D eigenvalue weighted by molar-refractivity contribution is 0.436. The third kappa shape index (κ3) is 3.82. The summed E-state index contributed by atoms with van der Waals surface area (Å²) in [5, 5.41) is 0.